The first kappa shape index (κ1) is 11.5. The van der Waals surface area contributed by atoms with Crippen LogP contribution in [0, 0.1) is 5.82 Å². The molecule has 16 heavy (non-hydrogen) atoms. The van der Waals surface area contributed by atoms with Crippen LogP contribution in [0.15, 0.2) is 39.4 Å². The molecule has 2 rings (SSSR count). The number of nitrogens with one attached hydrogen (secondary N) is 1. The number of hydrogen-bond acceptors (Lipinski definition) is 2. The molecule has 2 nitrogen and oxygen atoms in total. The number of benzene rings is 1. The Hall–Kier alpha value is -1.00. The van der Waals surface area contributed by atoms with Crippen LogP contribution in [-0.4, -0.2) is 0 Å². The van der Waals surface area contributed by atoms with Crippen molar-refractivity contribution in [1.82, 2.24) is 0 Å². The van der Waals surface area contributed by atoms with Crippen molar-refractivity contribution in [3.8, 4) is 0 Å². The van der Waals surface area contributed by atoms with Gasteiger partial charge in [-0.3, -0.25) is 0 Å². The number of halogens is 3. The second-order valence-electron chi connectivity index (χ2n) is 3.19. The molecule has 0 atom stereocenters. The van der Waals surface area contributed by atoms with Crippen LogP contribution in [0.25, 0.3) is 0 Å². The monoisotopic (exact) mass is 303 g/mol. The van der Waals surface area contributed by atoms with Gasteiger partial charge in [-0.25, -0.2) is 4.39 Å². The summed E-state index contributed by atoms with van der Waals surface area (Å²) in [5.41, 5.74) is 0.662. The second kappa shape index (κ2) is 4.89. The quantitative estimate of drug-likeness (QED) is 0.906. The molecule has 1 aromatic heterocycles. The third kappa shape index (κ3) is 2.77. The van der Waals surface area contributed by atoms with Crippen molar-refractivity contribution in [2.75, 3.05) is 5.32 Å². The third-order valence-corrected chi connectivity index (χ3v) is 2.75. The zero-order chi connectivity index (χ0) is 11.5. The second-order valence-corrected chi connectivity index (χ2v) is 4.38. The van der Waals surface area contributed by atoms with Crippen LogP contribution in [0.5, 0.6) is 0 Å². The minimum Gasteiger partial charge on any atom is -0.452 e. The Balaban J connectivity index is 2.02. The Morgan fingerprint density at radius 2 is 2.12 bits per heavy atom. The van der Waals surface area contributed by atoms with Crippen LogP contribution in [0.2, 0.25) is 5.02 Å². The van der Waals surface area contributed by atoms with Crippen molar-refractivity contribution in [3.05, 3.63) is 51.6 Å². The lowest BCUT2D eigenvalue weighted by Gasteiger charge is -2.04. The highest BCUT2D eigenvalue weighted by Gasteiger charge is 2.02. The first-order valence-corrected chi connectivity index (χ1v) is 5.75. The van der Waals surface area contributed by atoms with Gasteiger partial charge < -0.3 is 9.73 Å². The molecule has 0 fully saturated rings. The van der Waals surface area contributed by atoms with E-state index in [0.717, 1.165) is 5.76 Å². The fourth-order valence-corrected chi connectivity index (χ4v) is 1.70. The standard InChI is InChI=1S/C11H8BrClFNO/c12-11-4-2-8(16-11)6-15-7-1-3-9(13)10(14)5-7/h1-5,15H,6H2. The van der Waals surface area contributed by atoms with E-state index in [4.69, 9.17) is 16.0 Å². The summed E-state index contributed by atoms with van der Waals surface area (Å²) in [4.78, 5) is 0. The summed E-state index contributed by atoms with van der Waals surface area (Å²) in [6.07, 6.45) is 0. The van der Waals surface area contributed by atoms with Crippen molar-refractivity contribution >= 4 is 33.2 Å². The van der Waals surface area contributed by atoms with Gasteiger partial charge in [0.05, 0.1) is 11.6 Å². The van der Waals surface area contributed by atoms with Crippen molar-refractivity contribution in [2.45, 2.75) is 6.54 Å². The van der Waals surface area contributed by atoms with Gasteiger partial charge >= 0.3 is 0 Å². The molecular weight excluding hydrogens is 296 g/mol. The zero-order valence-electron chi connectivity index (χ0n) is 8.14. The molecule has 0 bridgehead atoms. The molecule has 0 unspecified atom stereocenters. The predicted octanol–water partition coefficient (Wildman–Crippen LogP) is 4.45. The van der Waals surface area contributed by atoms with Gasteiger partial charge in [-0.1, -0.05) is 11.6 Å². The van der Waals surface area contributed by atoms with E-state index >= 15 is 0 Å². The van der Waals surface area contributed by atoms with Crippen molar-refractivity contribution < 1.29 is 8.81 Å². The molecule has 0 saturated heterocycles. The largest absolute Gasteiger partial charge is 0.452 e. The van der Waals surface area contributed by atoms with E-state index in [1.54, 1.807) is 12.1 Å². The molecule has 1 aromatic carbocycles. The van der Waals surface area contributed by atoms with Gasteiger partial charge in [-0.2, -0.15) is 0 Å². The molecule has 84 valence electrons. The Kier molecular flexibility index (Phi) is 3.51. The molecule has 0 saturated carbocycles. The molecule has 0 amide bonds. The number of anilines is 1. The van der Waals surface area contributed by atoms with Crippen LogP contribution in [-0.2, 0) is 6.54 Å². The van der Waals surface area contributed by atoms with E-state index in [1.807, 2.05) is 6.07 Å². The normalized spacial score (nSPS) is 10.4. The van der Waals surface area contributed by atoms with E-state index in [1.165, 1.54) is 12.1 Å². The summed E-state index contributed by atoms with van der Waals surface area (Å²) in [6.45, 7) is 0.493. The minimum atomic E-state index is -0.438. The summed E-state index contributed by atoms with van der Waals surface area (Å²) in [7, 11) is 0. The first-order valence-electron chi connectivity index (χ1n) is 4.58. The lowest BCUT2D eigenvalue weighted by Crippen LogP contribution is -1.98. The smallest absolute Gasteiger partial charge is 0.169 e. The first-order chi connectivity index (χ1) is 7.65. The van der Waals surface area contributed by atoms with Gasteiger partial charge in [0.25, 0.3) is 0 Å². The average molecular weight is 305 g/mol. The van der Waals surface area contributed by atoms with Gasteiger partial charge in [-0.15, -0.1) is 0 Å². The molecule has 0 aliphatic rings. The Bertz CT molecular complexity index is 500. The van der Waals surface area contributed by atoms with Gasteiger partial charge in [0.1, 0.15) is 11.6 Å². The maximum absolute atomic E-state index is 13.1. The third-order valence-electron chi connectivity index (χ3n) is 2.02. The Morgan fingerprint density at radius 1 is 1.31 bits per heavy atom. The molecule has 2 aromatic rings. The van der Waals surface area contributed by atoms with Gasteiger partial charge in [0, 0.05) is 5.69 Å². The van der Waals surface area contributed by atoms with Gasteiger partial charge in [0.2, 0.25) is 0 Å². The molecule has 0 spiro atoms. The van der Waals surface area contributed by atoms with E-state index < -0.39 is 5.82 Å². The fraction of sp³-hybridized carbons (Fsp3) is 0.0909. The lowest BCUT2D eigenvalue weighted by molar-refractivity contribution is 0.495. The summed E-state index contributed by atoms with van der Waals surface area (Å²) in [5.74, 6) is 0.328. The van der Waals surface area contributed by atoms with Crippen LogP contribution < -0.4 is 5.32 Å². The highest BCUT2D eigenvalue weighted by atomic mass is 79.9. The molecule has 5 heteroatoms. The van der Waals surface area contributed by atoms with Crippen LogP contribution in [0.4, 0.5) is 10.1 Å². The number of rotatable bonds is 3. The highest BCUT2D eigenvalue weighted by molar-refractivity contribution is 9.10. The minimum absolute atomic E-state index is 0.117. The molecule has 0 aliphatic heterocycles. The van der Waals surface area contributed by atoms with E-state index in [0.29, 0.717) is 16.9 Å². The fourth-order valence-electron chi connectivity index (χ4n) is 1.24. The topological polar surface area (TPSA) is 25.2 Å². The Morgan fingerprint density at radius 3 is 2.75 bits per heavy atom. The van der Waals surface area contributed by atoms with Crippen molar-refractivity contribution in [2.24, 2.45) is 0 Å². The van der Waals surface area contributed by atoms with Gasteiger partial charge in [0.15, 0.2) is 4.67 Å². The van der Waals surface area contributed by atoms with Crippen LogP contribution in [0.3, 0.4) is 0 Å². The summed E-state index contributed by atoms with van der Waals surface area (Å²) >= 11 is 8.78. The summed E-state index contributed by atoms with van der Waals surface area (Å²) in [6, 6.07) is 8.21. The highest BCUT2D eigenvalue weighted by Crippen LogP contribution is 2.20. The van der Waals surface area contributed by atoms with Crippen LogP contribution in [0.1, 0.15) is 5.76 Å². The maximum atomic E-state index is 13.1. The van der Waals surface area contributed by atoms with Crippen molar-refractivity contribution in [3.63, 3.8) is 0 Å². The zero-order valence-corrected chi connectivity index (χ0v) is 10.5. The molecular formula is C11H8BrClFNO. The number of hydrogen-bond donors (Lipinski definition) is 1. The maximum Gasteiger partial charge on any atom is 0.169 e. The van der Waals surface area contributed by atoms with Gasteiger partial charge in [-0.05, 0) is 46.3 Å². The average Bonchev–Trinajstić information content (AvgIpc) is 2.66. The summed E-state index contributed by atoms with van der Waals surface area (Å²) < 4.78 is 19.1. The predicted molar refractivity (Wildman–Crippen MR) is 65.1 cm³/mol. The molecule has 0 aliphatic carbocycles. The molecule has 1 N–H and O–H groups in total. The van der Waals surface area contributed by atoms with E-state index in [-0.39, 0.29) is 5.02 Å². The van der Waals surface area contributed by atoms with Crippen molar-refractivity contribution in [1.29, 1.82) is 0 Å². The molecule has 0 radical (unpaired) electrons. The number of furan rings is 1. The van der Waals surface area contributed by atoms with E-state index in [2.05, 4.69) is 21.2 Å². The van der Waals surface area contributed by atoms with Crippen LogP contribution >= 0.6 is 27.5 Å². The summed E-state index contributed by atoms with van der Waals surface area (Å²) in [5, 5.41) is 3.15. The lowest BCUT2D eigenvalue weighted by atomic mass is 10.3. The Labute approximate surface area is 106 Å². The SMILES string of the molecule is Fc1cc(NCc2ccc(Br)o2)ccc1Cl. The molecule has 1 heterocycles. The van der Waals surface area contributed by atoms with E-state index in [9.17, 15) is 4.39 Å².